The van der Waals surface area contributed by atoms with E-state index < -0.39 is 5.41 Å². The number of fused-ring (bicyclic) bond motifs is 4. The molecule has 2 atom stereocenters. The summed E-state index contributed by atoms with van der Waals surface area (Å²) >= 11 is 6.06. The monoisotopic (exact) mass is 458 g/mol. The van der Waals surface area contributed by atoms with Gasteiger partial charge in [-0.15, -0.1) is 0 Å². The van der Waals surface area contributed by atoms with Crippen LogP contribution in [-0.2, 0) is 16.6 Å². The van der Waals surface area contributed by atoms with Crippen LogP contribution in [0.5, 0.6) is 0 Å². The van der Waals surface area contributed by atoms with Crippen LogP contribution in [0.2, 0.25) is 5.02 Å². The second-order valence-corrected chi connectivity index (χ2v) is 9.65. The van der Waals surface area contributed by atoms with Gasteiger partial charge >= 0.3 is 0 Å². The van der Waals surface area contributed by atoms with Gasteiger partial charge in [-0.05, 0) is 24.5 Å². The van der Waals surface area contributed by atoms with Gasteiger partial charge in [0.25, 0.3) is 0 Å². The molecule has 1 fully saturated rings. The molecule has 9 nitrogen and oxygen atoms in total. The Hall–Kier alpha value is -3.59. The van der Waals surface area contributed by atoms with Gasteiger partial charge < -0.3 is 14.6 Å². The first-order valence-electron chi connectivity index (χ1n) is 10.9. The molecule has 10 heteroatoms. The molecule has 0 bridgehead atoms. The predicted molar refractivity (Wildman–Crippen MR) is 122 cm³/mol. The quantitative estimate of drug-likeness (QED) is 0.469. The Morgan fingerprint density at radius 3 is 2.91 bits per heavy atom. The van der Waals surface area contributed by atoms with Crippen molar-refractivity contribution < 1.29 is 4.79 Å². The average molecular weight is 459 g/mol. The minimum Gasteiger partial charge on any atom is -0.347 e. The summed E-state index contributed by atoms with van der Waals surface area (Å²) in [5, 5.41) is 3.53. The average Bonchev–Trinajstić information content (AvgIpc) is 3.18. The summed E-state index contributed by atoms with van der Waals surface area (Å²) in [5.41, 5.74) is 2.96. The van der Waals surface area contributed by atoms with Crippen LogP contribution in [0.25, 0.3) is 17.2 Å². The molecule has 0 aromatic carbocycles. The van der Waals surface area contributed by atoms with Crippen molar-refractivity contribution in [2.75, 3.05) is 16.8 Å². The molecule has 0 saturated carbocycles. The maximum Gasteiger partial charge on any atom is 0.244 e. The lowest BCUT2D eigenvalue weighted by Crippen LogP contribution is -2.40. The molecular formula is C23H19ClN8O. The Balaban J connectivity index is 1.41. The van der Waals surface area contributed by atoms with Crippen molar-refractivity contribution in [2.45, 2.75) is 31.7 Å². The number of halogens is 1. The van der Waals surface area contributed by atoms with Crippen molar-refractivity contribution in [3.63, 3.8) is 0 Å². The summed E-state index contributed by atoms with van der Waals surface area (Å²) in [6.07, 6.45) is 7.93. The first-order chi connectivity index (χ1) is 16.0. The number of nitrogens with one attached hydrogen (secondary N) is 1. The van der Waals surface area contributed by atoms with Gasteiger partial charge in [0.2, 0.25) is 5.91 Å². The summed E-state index contributed by atoms with van der Waals surface area (Å²) in [6.45, 7) is 5.05. The van der Waals surface area contributed by atoms with Gasteiger partial charge in [-0.3, -0.25) is 9.78 Å². The van der Waals surface area contributed by atoms with E-state index in [0.29, 0.717) is 34.0 Å². The van der Waals surface area contributed by atoms with Crippen LogP contribution >= 0.6 is 11.6 Å². The fraction of sp³-hybridized carbons (Fsp3) is 0.304. The van der Waals surface area contributed by atoms with Gasteiger partial charge in [0.1, 0.15) is 22.7 Å². The van der Waals surface area contributed by atoms with E-state index in [1.54, 1.807) is 18.5 Å². The lowest BCUT2D eigenvalue weighted by Gasteiger charge is -2.22. The van der Waals surface area contributed by atoms with E-state index >= 15 is 0 Å². The third kappa shape index (κ3) is 2.42. The summed E-state index contributed by atoms with van der Waals surface area (Å²) in [5.74, 6) is 2.09. The molecule has 3 aliphatic heterocycles. The summed E-state index contributed by atoms with van der Waals surface area (Å²) in [6, 6.07) is 3.57. The molecule has 1 amide bonds. The fourth-order valence-electron chi connectivity index (χ4n) is 5.26. The van der Waals surface area contributed by atoms with Gasteiger partial charge in [-0.1, -0.05) is 25.4 Å². The van der Waals surface area contributed by atoms with E-state index in [0.717, 1.165) is 35.7 Å². The highest BCUT2D eigenvalue weighted by Crippen LogP contribution is 2.60. The fourth-order valence-corrected chi connectivity index (χ4v) is 5.37. The second-order valence-electron chi connectivity index (χ2n) is 9.22. The third-order valence-corrected chi connectivity index (χ3v) is 6.89. The SMILES string of the molecule is CC(C)Cc1nc(-c2nc3c4c(n2)N2CC2C4(c2ccc(Cl)cn2)C(=O)N3)cn2ccnc12. The molecule has 4 aromatic rings. The lowest BCUT2D eigenvalue weighted by molar-refractivity contribution is -0.119. The Bertz CT molecular complexity index is 1480. The van der Waals surface area contributed by atoms with Gasteiger partial charge in [0, 0.05) is 31.3 Å². The van der Waals surface area contributed by atoms with Crippen molar-refractivity contribution in [1.29, 1.82) is 0 Å². The lowest BCUT2D eigenvalue weighted by atomic mass is 9.77. The molecule has 7 heterocycles. The molecule has 33 heavy (non-hydrogen) atoms. The number of hydrogen-bond donors (Lipinski definition) is 1. The minimum absolute atomic E-state index is 0.0208. The number of aromatic nitrogens is 6. The van der Waals surface area contributed by atoms with Crippen LogP contribution in [0.15, 0.2) is 36.9 Å². The van der Waals surface area contributed by atoms with Crippen LogP contribution in [0.4, 0.5) is 11.6 Å². The zero-order valence-electron chi connectivity index (χ0n) is 17.9. The van der Waals surface area contributed by atoms with E-state index in [9.17, 15) is 4.79 Å². The van der Waals surface area contributed by atoms with Crippen molar-refractivity contribution in [3.8, 4) is 11.5 Å². The Morgan fingerprint density at radius 1 is 1.24 bits per heavy atom. The summed E-state index contributed by atoms with van der Waals surface area (Å²) in [7, 11) is 0. The van der Waals surface area contributed by atoms with Gasteiger partial charge in [0.15, 0.2) is 11.5 Å². The number of hydrogen-bond acceptors (Lipinski definition) is 7. The molecular weight excluding hydrogens is 440 g/mol. The maximum atomic E-state index is 13.4. The van der Waals surface area contributed by atoms with Crippen LogP contribution in [-0.4, -0.2) is 47.8 Å². The van der Waals surface area contributed by atoms with Crippen molar-refractivity contribution in [3.05, 3.63) is 58.9 Å². The maximum absolute atomic E-state index is 13.4. The first-order valence-corrected chi connectivity index (χ1v) is 11.3. The number of amides is 1. The minimum atomic E-state index is -0.904. The smallest absolute Gasteiger partial charge is 0.244 e. The zero-order chi connectivity index (χ0) is 22.5. The Kier molecular flexibility index (Phi) is 3.59. The molecule has 0 radical (unpaired) electrons. The van der Waals surface area contributed by atoms with Crippen molar-refractivity contribution >= 4 is 34.8 Å². The van der Waals surface area contributed by atoms with Gasteiger partial charge in [0.05, 0.1) is 28.0 Å². The van der Waals surface area contributed by atoms with E-state index in [2.05, 4.69) is 34.0 Å². The van der Waals surface area contributed by atoms with E-state index in [4.69, 9.17) is 26.6 Å². The van der Waals surface area contributed by atoms with Crippen LogP contribution in [0, 0.1) is 5.92 Å². The van der Waals surface area contributed by atoms with Crippen LogP contribution < -0.4 is 10.2 Å². The number of pyridine rings is 1. The standard InChI is InChI=1S/C23H19ClN8O/c1-11(2)7-13-20-25-5-6-31(20)9-14(27-13)18-28-19-17-21(29-18)32-10-16(32)23(17,22(33)30-19)15-4-3-12(24)8-26-15/h3-6,8-9,11,16H,7,10H2,1-2H3,(H,28,29,30,33). The number of carbonyl (C=O) groups excluding carboxylic acids is 1. The summed E-state index contributed by atoms with van der Waals surface area (Å²) in [4.78, 5) is 39.1. The van der Waals surface area contributed by atoms with Crippen LogP contribution in [0.3, 0.4) is 0 Å². The molecule has 3 aliphatic rings. The number of rotatable bonds is 4. The molecule has 1 N–H and O–H groups in total. The first kappa shape index (κ1) is 18.9. The molecule has 0 aliphatic carbocycles. The number of anilines is 2. The third-order valence-electron chi connectivity index (χ3n) is 6.66. The Labute approximate surface area is 193 Å². The topological polar surface area (TPSA) is 101 Å². The normalized spacial score (nSPS) is 22.1. The van der Waals surface area contributed by atoms with Crippen molar-refractivity contribution in [1.82, 2.24) is 29.3 Å². The van der Waals surface area contributed by atoms with E-state index in [1.807, 2.05) is 22.9 Å². The molecule has 2 unspecified atom stereocenters. The number of imidazole rings is 1. The highest BCUT2D eigenvalue weighted by Gasteiger charge is 2.70. The van der Waals surface area contributed by atoms with E-state index in [-0.39, 0.29) is 11.9 Å². The van der Waals surface area contributed by atoms with Gasteiger partial charge in [-0.25, -0.2) is 19.9 Å². The predicted octanol–water partition coefficient (Wildman–Crippen LogP) is 2.87. The largest absolute Gasteiger partial charge is 0.347 e. The highest BCUT2D eigenvalue weighted by atomic mass is 35.5. The molecule has 164 valence electrons. The molecule has 1 saturated heterocycles. The zero-order valence-corrected chi connectivity index (χ0v) is 18.7. The van der Waals surface area contributed by atoms with Gasteiger partial charge in [-0.2, -0.15) is 0 Å². The molecule has 0 spiro atoms. The number of carbonyl (C=O) groups is 1. The highest BCUT2D eigenvalue weighted by molar-refractivity contribution is 6.30. The Morgan fingerprint density at radius 2 is 2.12 bits per heavy atom. The van der Waals surface area contributed by atoms with E-state index in [1.165, 1.54) is 0 Å². The molecule has 7 rings (SSSR count). The number of nitrogens with zero attached hydrogens (tertiary/aromatic N) is 7. The summed E-state index contributed by atoms with van der Waals surface area (Å²) < 4.78 is 1.96. The second kappa shape index (κ2) is 6.26. The molecule has 4 aromatic heterocycles. The van der Waals surface area contributed by atoms with Crippen LogP contribution in [0.1, 0.15) is 30.8 Å². The van der Waals surface area contributed by atoms with Crippen molar-refractivity contribution in [2.24, 2.45) is 5.92 Å².